The highest BCUT2D eigenvalue weighted by atomic mass is 35.6. The van der Waals surface area contributed by atoms with Crippen LogP contribution in [0.5, 0.6) is 0 Å². The maximum Gasteiger partial charge on any atom is 0.430 e. The molecule has 7 heteroatoms. The molecular formula is C3Cl3F4. The molecule has 0 spiro atoms. The van der Waals surface area contributed by atoms with E-state index in [0.29, 0.717) is 0 Å². The molecule has 0 aliphatic carbocycles. The summed E-state index contributed by atoms with van der Waals surface area (Å²) in [6, 6.07) is 0. The van der Waals surface area contributed by atoms with Gasteiger partial charge in [-0.15, -0.1) is 0 Å². The fourth-order valence-corrected chi connectivity index (χ4v) is 0.482. The van der Waals surface area contributed by atoms with Crippen molar-refractivity contribution in [2.75, 3.05) is 0 Å². The Morgan fingerprint density at radius 1 is 1.00 bits per heavy atom. The van der Waals surface area contributed by atoms with Gasteiger partial charge in [-0.25, -0.2) is 4.39 Å². The van der Waals surface area contributed by atoms with E-state index in [1.165, 1.54) is 0 Å². The molecule has 0 aromatic carbocycles. The third-order valence-electron chi connectivity index (χ3n) is 0.498. The van der Waals surface area contributed by atoms with Crippen molar-refractivity contribution >= 4 is 34.8 Å². The first-order valence-electron chi connectivity index (χ1n) is 1.82. The molecule has 0 N–H and O–H groups in total. The molecule has 10 heavy (non-hydrogen) atoms. The van der Waals surface area contributed by atoms with Gasteiger partial charge in [0.1, 0.15) is 0 Å². The van der Waals surface area contributed by atoms with Crippen LogP contribution in [0.2, 0.25) is 0 Å². The van der Waals surface area contributed by atoms with Gasteiger partial charge in [0.2, 0.25) is 3.79 Å². The highest BCUT2D eigenvalue weighted by Gasteiger charge is 2.54. The van der Waals surface area contributed by atoms with Crippen molar-refractivity contribution in [1.82, 2.24) is 0 Å². The van der Waals surface area contributed by atoms with E-state index in [2.05, 4.69) is 34.8 Å². The quantitative estimate of drug-likeness (QED) is 0.432. The lowest BCUT2D eigenvalue weighted by molar-refractivity contribution is -0.137. The molecule has 0 heterocycles. The van der Waals surface area contributed by atoms with Gasteiger partial charge >= 0.3 is 6.18 Å². The topological polar surface area (TPSA) is 0 Å². The second-order valence-corrected chi connectivity index (χ2v) is 3.59. The Balaban J connectivity index is 4.23. The van der Waals surface area contributed by atoms with Gasteiger partial charge in [0, 0.05) is 0 Å². The summed E-state index contributed by atoms with van der Waals surface area (Å²) < 4.78 is 42.6. The highest BCUT2D eigenvalue weighted by Crippen LogP contribution is 2.46. The van der Waals surface area contributed by atoms with Gasteiger partial charge in [-0.2, -0.15) is 13.2 Å². The Morgan fingerprint density at radius 2 is 1.30 bits per heavy atom. The second kappa shape index (κ2) is 2.91. The first-order chi connectivity index (χ1) is 4.15. The second-order valence-electron chi connectivity index (χ2n) is 1.31. The molecule has 0 saturated heterocycles. The summed E-state index contributed by atoms with van der Waals surface area (Å²) in [7, 11) is 0. The summed E-state index contributed by atoms with van der Waals surface area (Å²) in [5.41, 5.74) is 0. The molecule has 0 aliphatic rings. The van der Waals surface area contributed by atoms with Gasteiger partial charge in [0.25, 0.3) is 6.17 Å². The summed E-state index contributed by atoms with van der Waals surface area (Å²) in [5.74, 6) is 0. The molecule has 0 rings (SSSR count). The Hall–Kier alpha value is 0.590. The van der Waals surface area contributed by atoms with Crippen LogP contribution >= 0.6 is 34.8 Å². The van der Waals surface area contributed by atoms with Crippen LogP contribution < -0.4 is 0 Å². The Morgan fingerprint density at radius 3 is 1.30 bits per heavy atom. The van der Waals surface area contributed by atoms with E-state index >= 15 is 0 Å². The minimum atomic E-state index is -5.20. The van der Waals surface area contributed by atoms with Crippen LogP contribution in [-0.2, 0) is 0 Å². The largest absolute Gasteiger partial charge is 0.430 e. The van der Waals surface area contributed by atoms with Crippen LogP contribution in [-0.4, -0.2) is 9.97 Å². The van der Waals surface area contributed by atoms with Crippen molar-refractivity contribution in [2.45, 2.75) is 9.97 Å². The fraction of sp³-hybridized carbons (Fsp3) is 0.667. The molecular weight excluding hydrogens is 218 g/mol. The average Bonchev–Trinajstić information content (AvgIpc) is 1.59. The molecule has 0 fully saturated rings. The molecule has 61 valence electrons. The van der Waals surface area contributed by atoms with Crippen molar-refractivity contribution in [2.24, 2.45) is 0 Å². The molecule has 0 unspecified atom stereocenters. The predicted octanol–water partition coefficient (Wildman–Crippen LogP) is 3.42. The summed E-state index contributed by atoms with van der Waals surface area (Å²) in [4.78, 5) is 0. The van der Waals surface area contributed by atoms with E-state index in [-0.39, 0.29) is 0 Å². The zero-order valence-corrected chi connectivity index (χ0v) is 6.41. The first-order valence-corrected chi connectivity index (χ1v) is 2.96. The maximum atomic E-state index is 11.8. The molecule has 0 aromatic heterocycles. The maximum absolute atomic E-state index is 11.8. The van der Waals surface area contributed by atoms with E-state index in [1.807, 2.05) is 0 Å². The fourth-order valence-electron chi connectivity index (χ4n) is 0.161. The van der Waals surface area contributed by atoms with Gasteiger partial charge < -0.3 is 0 Å². The summed E-state index contributed by atoms with van der Waals surface area (Å²) in [6.07, 6.45) is -7.84. The van der Waals surface area contributed by atoms with Crippen molar-refractivity contribution in [3.05, 3.63) is 6.17 Å². The van der Waals surface area contributed by atoms with Gasteiger partial charge in [0.05, 0.1) is 0 Å². The average molecular weight is 218 g/mol. The highest BCUT2D eigenvalue weighted by molar-refractivity contribution is 6.69. The number of halogens is 7. The zero-order chi connectivity index (χ0) is 8.58. The van der Waals surface area contributed by atoms with Gasteiger partial charge in [-0.1, -0.05) is 34.8 Å². The van der Waals surface area contributed by atoms with Crippen LogP contribution in [0.4, 0.5) is 17.6 Å². The number of alkyl halides is 6. The standard InChI is InChI=1S/C3Cl3F4/c4-2(5,6)1(7)3(8,9)10. The molecule has 0 bridgehead atoms. The van der Waals surface area contributed by atoms with Crippen LogP contribution in [0, 0.1) is 6.17 Å². The van der Waals surface area contributed by atoms with E-state index < -0.39 is 16.1 Å². The van der Waals surface area contributed by atoms with E-state index in [9.17, 15) is 17.6 Å². The lowest BCUT2D eigenvalue weighted by Crippen LogP contribution is -2.27. The predicted molar refractivity (Wildman–Crippen MR) is 30.7 cm³/mol. The first kappa shape index (κ1) is 10.6. The Bertz CT molecular complexity index is 99.9. The van der Waals surface area contributed by atoms with Gasteiger partial charge in [0.15, 0.2) is 0 Å². The smallest absolute Gasteiger partial charge is 0.225 e. The van der Waals surface area contributed by atoms with Crippen molar-refractivity contribution in [3.63, 3.8) is 0 Å². The Kier molecular flexibility index (Phi) is 3.08. The third-order valence-corrected chi connectivity index (χ3v) is 0.996. The van der Waals surface area contributed by atoms with E-state index in [4.69, 9.17) is 0 Å². The summed E-state index contributed by atoms with van der Waals surface area (Å²) >= 11 is 13.7. The molecule has 0 amide bonds. The van der Waals surface area contributed by atoms with Crippen LogP contribution in [0.3, 0.4) is 0 Å². The SMILES string of the molecule is F[C](C(F)(F)F)C(Cl)(Cl)Cl. The van der Waals surface area contributed by atoms with E-state index in [0.717, 1.165) is 0 Å². The molecule has 0 aromatic rings. The normalized spacial score (nSPS) is 14.4. The van der Waals surface area contributed by atoms with Crippen LogP contribution in [0.15, 0.2) is 0 Å². The van der Waals surface area contributed by atoms with Crippen molar-refractivity contribution in [1.29, 1.82) is 0 Å². The molecule has 0 saturated carbocycles. The number of hydrogen-bond acceptors (Lipinski definition) is 0. The van der Waals surface area contributed by atoms with Crippen LogP contribution in [0.25, 0.3) is 0 Å². The van der Waals surface area contributed by atoms with Crippen LogP contribution in [0.1, 0.15) is 0 Å². The lowest BCUT2D eigenvalue weighted by Gasteiger charge is -2.16. The monoisotopic (exact) mass is 217 g/mol. The minimum absolute atomic E-state index is 2.63. The molecule has 1 radical (unpaired) electrons. The number of hydrogen-bond donors (Lipinski definition) is 0. The minimum Gasteiger partial charge on any atom is -0.225 e. The summed E-state index contributed by atoms with van der Waals surface area (Å²) in [6.45, 7) is 0. The van der Waals surface area contributed by atoms with Gasteiger partial charge in [-0.05, 0) is 0 Å². The van der Waals surface area contributed by atoms with Crippen molar-refractivity contribution < 1.29 is 17.6 Å². The molecule has 0 atom stereocenters. The van der Waals surface area contributed by atoms with E-state index in [1.54, 1.807) is 0 Å². The third kappa shape index (κ3) is 3.12. The summed E-state index contributed by atoms with van der Waals surface area (Å²) in [5, 5.41) is 0. The number of rotatable bonds is 0. The Labute approximate surface area is 69.0 Å². The molecule has 0 nitrogen and oxygen atoms in total. The zero-order valence-electron chi connectivity index (χ0n) is 4.15. The lowest BCUT2D eigenvalue weighted by atomic mass is 10.4. The van der Waals surface area contributed by atoms with Crippen molar-refractivity contribution in [3.8, 4) is 0 Å². The van der Waals surface area contributed by atoms with Gasteiger partial charge in [-0.3, -0.25) is 0 Å². The molecule has 0 aliphatic heterocycles.